The van der Waals surface area contributed by atoms with Crippen LogP contribution in [0.3, 0.4) is 0 Å². The third kappa shape index (κ3) is 3.44. The maximum absolute atomic E-state index is 12.6. The highest BCUT2D eigenvalue weighted by Crippen LogP contribution is 2.22. The second-order valence-corrected chi connectivity index (χ2v) is 7.03. The highest BCUT2D eigenvalue weighted by Gasteiger charge is 2.32. The van der Waals surface area contributed by atoms with Gasteiger partial charge in [0.1, 0.15) is 12.1 Å². The number of likely N-dealkylation sites (tertiary alicyclic amines) is 1. The summed E-state index contributed by atoms with van der Waals surface area (Å²) in [4.78, 5) is 39.0. The number of fused-ring (bicyclic) bond motifs is 1. The summed E-state index contributed by atoms with van der Waals surface area (Å²) >= 11 is 0. The third-order valence-electron chi connectivity index (χ3n) is 4.98. The largest absolute Gasteiger partial charge is 0.353 e. The number of hydrogen-bond acceptors (Lipinski definition) is 5. The lowest BCUT2D eigenvalue weighted by molar-refractivity contribution is -0.136. The van der Waals surface area contributed by atoms with Crippen molar-refractivity contribution in [2.24, 2.45) is 5.92 Å². The molecule has 0 spiro atoms. The second kappa shape index (κ2) is 6.86. The Morgan fingerprint density at radius 2 is 2.00 bits per heavy atom. The number of carbonyl (C=O) groups excluding carboxylic acids is 2. The van der Waals surface area contributed by atoms with Crippen LogP contribution in [0.25, 0.3) is 10.9 Å². The highest BCUT2D eigenvalue weighted by molar-refractivity contribution is 5.82. The summed E-state index contributed by atoms with van der Waals surface area (Å²) in [5, 5.41) is 11.3. The predicted molar refractivity (Wildman–Crippen MR) is 94.3 cm³/mol. The molecule has 1 aromatic heterocycles. The number of rotatable bonds is 4. The smallest absolute Gasteiger partial charge is 0.278 e. The molecule has 1 aromatic carbocycles. The molecular formula is C18H21N5O3. The lowest BCUT2D eigenvalue weighted by Crippen LogP contribution is -2.47. The van der Waals surface area contributed by atoms with Gasteiger partial charge in [0.2, 0.25) is 11.8 Å². The molecule has 1 aliphatic carbocycles. The van der Waals surface area contributed by atoms with Gasteiger partial charge >= 0.3 is 0 Å². The molecule has 4 rings (SSSR count). The van der Waals surface area contributed by atoms with Crippen LogP contribution in [0.2, 0.25) is 0 Å². The van der Waals surface area contributed by atoms with E-state index < -0.39 is 0 Å². The lowest BCUT2D eigenvalue weighted by Gasteiger charge is -2.32. The number of aromatic nitrogens is 3. The van der Waals surface area contributed by atoms with Crippen LogP contribution in [0.5, 0.6) is 0 Å². The van der Waals surface area contributed by atoms with Crippen molar-refractivity contribution in [2.75, 3.05) is 13.1 Å². The zero-order valence-electron chi connectivity index (χ0n) is 14.4. The fourth-order valence-electron chi connectivity index (χ4n) is 3.32. The first-order valence-electron chi connectivity index (χ1n) is 9.02. The number of benzene rings is 1. The summed E-state index contributed by atoms with van der Waals surface area (Å²) in [7, 11) is 0. The Hall–Kier alpha value is -2.77. The van der Waals surface area contributed by atoms with Crippen LogP contribution < -0.4 is 10.9 Å². The van der Waals surface area contributed by atoms with E-state index in [1.54, 1.807) is 29.2 Å². The Morgan fingerprint density at radius 3 is 2.81 bits per heavy atom. The van der Waals surface area contributed by atoms with E-state index in [0.29, 0.717) is 30.0 Å². The number of nitrogens with one attached hydrogen (secondary N) is 1. The molecule has 1 saturated carbocycles. The van der Waals surface area contributed by atoms with Gasteiger partial charge in [-0.25, -0.2) is 4.68 Å². The third-order valence-corrected chi connectivity index (χ3v) is 4.98. The lowest BCUT2D eigenvalue weighted by atomic mass is 9.97. The minimum atomic E-state index is -0.330. The van der Waals surface area contributed by atoms with Crippen LogP contribution >= 0.6 is 0 Å². The normalized spacial score (nSPS) is 20.2. The standard InChI is InChI=1S/C18H21N5O3/c24-16(11-23-18(26)14-5-1-2-6-15(14)20-21-23)22-9-3-4-12(10-22)17(25)19-13-7-8-13/h1-2,5-6,12-13H,3-4,7-11H2,(H,19,25). The maximum Gasteiger partial charge on any atom is 0.278 e. The SMILES string of the molecule is O=C(NC1CC1)C1CCCN(C(=O)Cn2nnc3ccccc3c2=O)C1. The van der Waals surface area contributed by atoms with Crippen LogP contribution in [0, 0.1) is 5.92 Å². The van der Waals surface area contributed by atoms with E-state index in [9.17, 15) is 14.4 Å². The molecule has 2 aromatic rings. The molecular weight excluding hydrogens is 334 g/mol. The second-order valence-electron chi connectivity index (χ2n) is 7.03. The van der Waals surface area contributed by atoms with E-state index in [1.807, 2.05) is 0 Å². The number of hydrogen-bond donors (Lipinski definition) is 1. The van der Waals surface area contributed by atoms with Crippen LogP contribution in [0.15, 0.2) is 29.1 Å². The van der Waals surface area contributed by atoms with E-state index in [4.69, 9.17) is 0 Å². The summed E-state index contributed by atoms with van der Waals surface area (Å²) in [5.41, 5.74) is 0.181. The zero-order valence-corrected chi connectivity index (χ0v) is 14.4. The van der Waals surface area contributed by atoms with Gasteiger partial charge in [0.15, 0.2) is 0 Å². The quantitative estimate of drug-likeness (QED) is 0.851. The molecule has 1 atom stereocenters. The molecule has 0 bridgehead atoms. The molecule has 2 amide bonds. The van der Waals surface area contributed by atoms with Crippen LogP contribution in [0.4, 0.5) is 0 Å². The van der Waals surface area contributed by atoms with Gasteiger partial charge < -0.3 is 10.2 Å². The van der Waals surface area contributed by atoms with Crippen LogP contribution in [-0.4, -0.2) is 50.8 Å². The van der Waals surface area contributed by atoms with Gasteiger partial charge in [-0.3, -0.25) is 14.4 Å². The highest BCUT2D eigenvalue weighted by atomic mass is 16.2. The molecule has 8 nitrogen and oxygen atoms in total. The number of amides is 2. The van der Waals surface area contributed by atoms with Crippen molar-refractivity contribution < 1.29 is 9.59 Å². The Balaban J connectivity index is 1.45. The molecule has 8 heteroatoms. The molecule has 1 aliphatic heterocycles. The summed E-state index contributed by atoms with van der Waals surface area (Å²) < 4.78 is 1.10. The zero-order chi connectivity index (χ0) is 18.1. The van der Waals surface area contributed by atoms with Gasteiger partial charge in [-0.2, -0.15) is 0 Å². The van der Waals surface area contributed by atoms with Gasteiger partial charge in [-0.1, -0.05) is 17.3 Å². The summed E-state index contributed by atoms with van der Waals surface area (Å²) in [6.07, 6.45) is 3.67. The average molecular weight is 355 g/mol. The molecule has 26 heavy (non-hydrogen) atoms. The topological polar surface area (TPSA) is 97.2 Å². The van der Waals surface area contributed by atoms with Crippen molar-refractivity contribution in [2.45, 2.75) is 38.3 Å². The number of carbonyl (C=O) groups is 2. The fourth-order valence-corrected chi connectivity index (χ4v) is 3.32. The predicted octanol–water partition coefficient (Wildman–Crippen LogP) is 0.309. The van der Waals surface area contributed by atoms with E-state index in [-0.39, 0.29) is 29.8 Å². The van der Waals surface area contributed by atoms with Crippen molar-refractivity contribution in [3.8, 4) is 0 Å². The molecule has 1 N–H and O–H groups in total. The summed E-state index contributed by atoms with van der Waals surface area (Å²) in [5.74, 6) is -0.346. The van der Waals surface area contributed by atoms with E-state index in [1.165, 1.54) is 0 Å². The van der Waals surface area contributed by atoms with Crippen molar-refractivity contribution in [1.82, 2.24) is 25.2 Å². The minimum Gasteiger partial charge on any atom is -0.353 e. The van der Waals surface area contributed by atoms with Gasteiger partial charge in [0.05, 0.1) is 11.3 Å². The Morgan fingerprint density at radius 1 is 1.19 bits per heavy atom. The fraction of sp³-hybridized carbons (Fsp3) is 0.500. The van der Waals surface area contributed by atoms with Gasteiger partial charge in [-0.15, -0.1) is 5.10 Å². The van der Waals surface area contributed by atoms with Crippen molar-refractivity contribution in [3.63, 3.8) is 0 Å². The Kier molecular flexibility index (Phi) is 4.40. The van der Waals surface area contributed by atoms with Crippen molar-refractivity contribution in [1.29, 1.82) is 0 Å². The van der Waals surface area contributed by atoms with E-state index >= 15 is 0 Å². The Labute approximate surface area is 150 Å². The van der Waals surface area contributed by atoms with Gasteiger partial charge in [0.25, 0.3) is 5.56 Å². The number of piperidine rings is 1. The minimum absolute atomic E-state index is 0.0349. The molecule has 1 unspecified atom stereocenters. The van der Waals surface area contributed by atoms with Crippen LogP contribution in [-0.2, 0) is 16.1 Å². The van der Waals surface area contributed by atoms with Gasteiger partial charge in [0, 0.05) is 19.1 Å². The Bertz CT molecular complexity index is 905. The molecule has 2 heterocycles. The van der Waals surface area contributed by atoms with Gasteiger partial charge in [-0.05, 0) is 37.8 Å². The summed E-state index contributed by atoms with van der Waals surface area (Å²) in [6.45, 7) is 0.836. The van der Waals surface area contributed by atoms with E-state index in [2.05, 4.69) is 15.6 Å². The number of nitrogens with zero attached hydrogens (tertiary/aromatic N) is 4. The molecule has 2 aliphatic rings. The van der Waals surface area contributed by atoms with E-state index in [0.717, 1.165) is 30.4 Å². The first-order valence-corrected chi connectivity index (χ1v) is 9.02. The maximum atomic E-state index is 12.6. The first kappa shape index (κ1) is 16.7. The van der Waals surface area contributed by atoms with Crippen molar-refractivity contribution in [3.05, 3.63) is 34.6 Å². The molecule has 0 radical (unpaired) electrons. The first-order chi connectivity index (χ1) is 12.6. The average Bonchev–Trinajstić information content (AvgIpc) is 3.48. The molecule has 2 fully saturated rings. The van der Waals surface area contributed by atoms with Crippen LogP contribution in [0.1, 0.15) is 25.7 Å². The molecule has 136 valence electrons. The molecule has 1 saturated heterocycles. The summed E-state index contributed by atoms with van der Waals surface area (Å²) in [6, 6.07) is 7.24. The monoisotopic (exact) mass is 355 g/mol. The van der Waals surface area contributed by atoms with Crippen molar-refractivity contribution >= 4 is 22.7 Å².